The summed E-state index contributed by atoms with van der Waals surface area (Å²) in [5, 5.41) is 18.8. The van der Waals surface area contributed by atoms with E-state index in [9.17, 15) is 29.4 Å². The average molecular weight is 383 g/mol. The average Bonchev–Trinajstić information content (AvgIpc) is 3.04. The summed E-state index contributed by atoms with van der Waals surface area (Å²) >= 11 is 0. The normalized spacial score (nSPS) is 17.7. The molecule has 0 N–H and O–H groups in total. The van der Waals surface area contributed by atoms with Crippen LogP contribution in [0.5, 0.6) is 0 Å². The third kappa shape index (κ3) is 9.15. The Hall–Kier alpha value is -2.46. The van der Waals surface area contributed by atoms with Crippen molar-refractivity contribution in [2.24, 2.45) is 0 Å². The number of methoxy groups -OCH3 is 1. The topological polar surface area (TPSA) is 133 Å². The zero-order valence-electron chi connectivity index (χ0n) is 15.4. The number of carbonyl (C=O) groups excluding carboxylic acids is 4. The van der Waals surface area contributed by atoms with E-state index in [0.717, 1.165) is 52.3 Å². The summed E-state index contributed by atoms with van der Waals surface area (Å²) in [6.07, 6.45) is 2.25. The number of ether oxygens (including phenoxy) is 1. The van der Waals surface area contributed by atoms with Crippen LogP contribution in [0.4, 0.5) is 0 Å². The molecule has 2 fully saturated rings. The number of hydrogen-bond donors (Lipinski definition) is 0. The lowest BCUT2D eigenvalue weighted by Crippen LogP contribution is -2.51. The highest BCUT2D eigenvalue weighted by atomic mass is 16.5. The van der Waals surface area contributed by atoms with Crippen LogP contribution >= 0.6 is 0 Å². The van der Waals surface area contributed by atoms with Crippen LogP contribution < -0.4 is 10.2 Å². The van der Waals surface area contributed by atoms with Gasteiger partial charge in [0, 0.05) is 52.8 Å². The summed E-state index contributed by atoms with van der Waals surface area (Å²) in [5.74, 6) is -2.89. The molecule has 0 saturated carbocycles. The molecule has 0 radical (unpaired) electrons. The van der Waals surface area contributed by atoms with Crippen LogP contribution in [0.15, 0.2) is 12.2 Å². The van der Waals surface area contributed by atoms with E-state index < -0.39 is 11.9 Å². The summed E-state index contributed by atoms with van der Waals surface area (Å²) in [6.45, 7) is 5.94. The van der Waals surface area contributed by atoms with Gasteiger partial charge >= 0.3 is 0 Å². The van der Waals surface area contributed by atoms with E-state index in [1.807, 2.05) is 4.90 Å². The maximum absolute atomic E-state index is 12.1. The molecule has 10 heteroatoms. The first-order chi connectivity index (χ1) is 12.8. The molecule has 0 aliphatic carbocycles. The minimum atomic E-state index is -1.55. The number of amides is 2. The van der Waals surface area contributed by atoms with E-state index in [2.05, 4.69) is 4.90 Å². The Morgan fingerprint density at radius 1 is 1.04 bits per heavy atom. The third-order valence-corrected chi connectivity index (χ3v) is 4.19. The molecule has 2 saturated heterocycles. The molecule has 2 rings (SSSR count). The molecule has 10 nitrogen and oxygen atoms in total. The van der Waals surface area contributed by atoms with Crippen molar-refractivity contribution in [3.63, 3.8) is 0 Å². The molecule has 2 aliphatic heterocycles. The number of hydrogen-bond acceptors (Lipinski definition) is 8. The number of carbonyl (C=O) groups is 4. The Bertz CT molecular complexity index is 541. The van der Waals surface area contributed by atoms with Crippen molar-refractivity contribution in [2.45, 2.75) is 12.8 Å². The zero-order chi connectivity index (χ0) is 20.2. The highest BCUT2D eigenvalue weighted by Crippen LogP contribution is 2.10. The molecular weight excluding hydrogens is 358 g/mol. The van der Waals surface area contributed by atoms with Gasteiger partial charge < -0.3 is 34.3 Å². The summed E-state index contributed by atoms with van der Waals surface area (Å²) < 4.78 is 5.05. The molecule has 0 unspecified atom stereocenters. The number of rotatable bonds is 7. The summed E-state index contributed by atoms with van der Waals surface area (Å²) in [4.78, 5) is 48.3. The largest absolute Gasteiger partial charge is 0.545 e. The van der Waals surface area contributed by atoms with Gasteiger partial charge in [-0.3, -0.25) is 14.5 Å². The monoisotopic (exact) mass is 383 g/mol. The van der Waals surface area contributed by atoms with Crippen LogP contribution in [0.25, 0.3) is 0 Å². The van der Waals surface area contributed by atoms with Gasteiger partial charge in [0.25, 0.3) is 0 Å². The van der Waals surface area contributed by atoms with Gasteiger partial charge in [0.05, 0.1) is 25.1 Å². The quantitative estimate of drug-likeness (QED) is 0.413. The lowest BCUT2D eigenvalue weighted by atomic mass is 10.3. The molecule has 27 heavy (non-hydrogen) atoms. The van der Waals surface area contributed by atoms with E-state index in [-0.39, 0.29) is 18.4 Å². The van der Waals surface area contributed by atoms with Gasteiger partial charge in [0.2, 0.25) is 11.8 Å². The second kappa shape index (κ2) is 12.0. The molecule has 2 amide bonds. The lowest BCUT2D eigenvalue weighted by molar-refractivity contribution is -0.301. The van der Waals surface area contributed by atoms with Crippen LogP contribution in [0.2, 0.25) is 0 Å². The number of nitrogens with zero attached hydrogens (tertiary/aromatic N) is 3. The first-order valence-electron chi connectivity index (χ1n) is 8.70. The van der Waals surface area contributed by atoms with Gasteiger partial charge in [-0.1, -0.05) is 0 Å². The molecule has 0 atom stereocenters. The van der Waals surface area contributed by atoms with Crippen LogP contribution in [0.1, 0.15) is 12.8 Å². The molecule has 0 aromatic heterocycles. The number of piperazine rings is 1. The van der Waals surface area contributed by atoms with Crippen molar-refractivity contribution >= 4 is 23.8 Å². The molecule has 152 valence electrons. The van der Waals surface area contributed by atoms with Crippen LogP contribution in [-0.2, 0) is 23.9 Å². The van der Waals surface area contributed by atoms with Crippen molar-refractivity contribution in [3.05, 3.63) is 12.2 Å². The predicted octanol–water partition coefficient (Wildman–Crippen LogP) is -3.56. The second-order valence-corrected chi connectivity index (χ2v) is 6.11. The summed E-state index contributed by atoms with van der Waals surface area (Å²) in [5.41, 5.74) is 0. The Labute approximate surface area is 158 Å². The van der Waals surface area contributed by atoms with E-state index in [4.69, 9.17) is 4.74 Å². The van der Waals surface area contributed by atoms with E-state index >= 15 is 0 Å². The number of likely N-dealkylation sites (tertiary alicyclic amines) is 1. The molecular formula is C17H25N3O7-2. The van der Waals surface area contributed by atoms with Crippen LogP contribution in [0.3, 0.4) is 0 Å². The Morgan fingerprint density at radius 3 is 2.07 bits per heavy atom. The van der Waals surface area contributed by atoms with Crippen molar-refractivity contribution in [1.82, 2.24) is 14.7 Å². The van der Waals surface area contributed by atoms with E-state index in [0.29, 0.717) is 18.6 Å². The highest BCUT2D eigenvalue weighted by molar-refractivity contribution is 5.87. The van der Waals surface area contributed by atoms with Crippen molar-refractivity contribution in [3.8, 4) is 0 Å². The van der Waals surface area contributed by atoms with Crippen molar-refractivity contribution in [2.75, 3.05) is 59.5 Å². The fourth-order valence-corrected chi connectivity index (χ4v) is 2.71. The smallest absolute Gasteiger partial charge is 0.242 e. The zero-order valence-corrected chi connectivity index (χ0v) is 15.4. The molecule has 2 heterocycles. The first-order valence-corrected chi connectivity index (χ1v) is 8.70. The Balaban J connectivity index is 0.000000387. The van der Waals surface area contributed by atoms with Gasteiger partial charge in [-0.2, -0.15) is 0 Å². The lowest BCUT2D eigenvalue weighted by Gasteiger charge is -2.35. The van der Waals surface area contributed by atoms with Gasteiger partial charge in [-0.05, 0) is 18.6 Å². The Kier molecular flexibility index (Phi) is 10.1. The first kappa shape index (κ1) is 22.6. The molecule has 2 aliphatic rings. The fraction of sp³-hybridized carbons (Fsp3) is 0.647. The minimum Gasteiger partial charge on any atom is -0.545 e. The van der Waals surface area contributed by atoms with Crippen LogP contribution in [0, 0.1) is 0 Å². The molecule has 0 spiro atoms. The predicted molar refractivity (Wildman–Crippen MR) is 89.9 cm³/mol. The molecule has 0 bridgehead atoms. The van der Waals surface area contributed by atoms with Crippen molar-refractivity contribution in [1.29, 1.82) is 0 Å². The van der Waals surface area contributed by atoms with Gasteiger partial charge in [0.15, 0.2) is 0 Å². The minimum absolute atomic E-state index is 0.0849. The maximum atomic E-state index is 12.1. The number of carboxylic acid groups (broad SMARTS) is 2. The highest BCUT2D eigenvalue weighted by Gasteiger charge is 2.26. The summed E-state index contributed by atoms with van der Waals surface area (Å²) in [6, 6.07) is 0. The molecule has 0 aromatic carbocycles. The van der Waals surface area contributed by atoms with Gasteiger partial charge in [0.1, 0.15) is 0 Å². The second-order valence-electron chi connectivity index (χ2n) is 6.11. The SMILES string of the molecule is COCCN1CCN(C(=O)CN2CCCC2=O)CC1.O=C([O-])/C=C\C(=O)[O-]. The Morgan fingerprint density at radius 2 is 1.63 bits per heavy atom. The van der Waals surface area contributed by atoms with Gasteiger partial charge in [-0.25, -0.2) is 0 Å². The summed E-state index contributed by atoms with van der Waals surface area (Å²) in [7, 11) is 1.70. The van der Waals surface area contributed by atoms with E-state index in [1.165, 1.54) is 0 Å². The maximum Gasteiger partial charge on any atom is 0.242 e. The van der Waals surface area contributed by atoms with E-state index in [1.54, 1.807) is 12.0 Å². The van der Waals surface area contributed by atoms with Crippen LogP contribution in [-0.4, -0.2) is 98.0 Å². The third-order valence-electron chi connectivity index (χ3n) is 4.19. The number of carboxylic acids is 2. The fourth-order valence-electron chi connectivity index (χ4n) is 2.71. The molecule has 0 aromatic rings. The van der Waals surface area contributed by atoms with Crippen molar-refractivity contribution < 1.29 is 34.1 Å². The number of aliphatic carboxylic acids is 2. The standard InChI is InChI=1S/C13H23N3O3.C4H4O4/c1-19-10-9-14-5-7-15(8-6-14)13(18)11-16-4-2-3-12(16)17;5-3(6)1-2-4(7)8/h2-11H2,1H3;1-2H,(H,5,6)(H,7,8)/p-2/b;2-1-. The van der Waals surface area contributed by atoms with Gasteiger partial charge in [-0.15, -0.1) is 0 Å².